The summed E-state index contributed by atoms with van der Waals surface area (Å²) in [5, 5.41) is 1.06. The fourth-order valence-corrected chi connectivity index (χ4v) is 5.11. The molecule has 1 aromatic heterocycles. The molecular weight excluding hydrogens is 412 g/mol. The van der Waals surface area contributed by atoms with Gasteiger partial charge in [-0.05, 0) is 43.3 Å². The van der Waals surface area contributed by atoms with Gasteiger partial charge in [0.15, 0.2) is 0 Å². The highest BCUT2D eigenvalue weighted by atomic mass is 35.5. The third-order valence-electron chi connectivity index (χ3n) is 5.30. The maximum Gasteiger partial charge on any atom is 0.258 e. The molecule has 0 bridgehead atoms. The molecule has 0 amide bonds. The van der Waals surface area contributed by atoms with Gasteiger partial charge in [-0.3, -0.25) is 9.69 Å². The summed E-state index contributed by atoms with van der Waals surface area (Å²) < 4.78 is 27.2. The molecule has 9 heteroatoms. The van der Waals surface area contributed by atoms with Crippen molar-refractivity contribution in [3.8, 4) is 0 Å². The Morgan fingerprint density at radius 1 is 1.03 bits per heavy atom. The summed E-state index contributed by atoms with van der Waals surface area (Å²) in [6.45, 7) is 3.80. The lowest BCUT2D eigenvalue weighted by molar-refractivity contribution is 0.141. The van der Waals surface area contributed by atoms with E-state index in [2.05, 4.69) is 14.9 Å². The first kappa shape index (κ1) is 20.0. The topological polar surface area (TPSA) is 86.4 Å². The summed E-state index contributed by atoms with van der Waals surface area (Å²) in [5.74, 6) is 0.586. The second-order valence-corrected chi connectivity index (χ2v) is 9.41. The number of hydrogen-bond donors (Lipinski definition) is 1. The van der Waals surface area contributed by atoms with Gasteiger partial charge in [-0.15, -0.1) is 0 Å². The number of sulfonamides is 1. The molecule has 3 aromatic rings. The van der Waals surface area contributed by atoms with Crippen molar-refractivity contribution >= 4 is 32.5 Å². The fourth-order valence-electron chi connectivity index (χ4n) is 3.56. The summed E-state index contributed by atoms with van der Waals surface area (Å²) in [6.07, 6.45) is 0. The summed E-state index contributed by atoms with van der Waals surface area (Å²) >= 11 is 5.86. The molecular formula is C20H21ClN4O3S. The Morgan fingerprint density at radius 3 is 2.38 bits per heavy atom. The highest BCUT2D eigenvalue weighted by Crippen LogP contribution is 2.23. The molecule has 0 spiro atoms. The number of piperazine rings is 1. The van der Waals surface area contributed by atoms with Crippen LogP contribution in [-0.4, -0.2) is 53.8 Å². The van der Waals surface area contributed by atoms with Crippen molar-refractivity contribution in [3.63, 3.8) is 0 Å². The number of fused-ring (bicyclic) bond motifs is 1. The van der Waals surface area contributed by atoms with Gasteiger partial charge in [-0.2, -0.15) is 4.31 Å². The predicted molar refractivity (Wildman–Crippen MR) is 113 cm³/mol. The van der Waals surface area contributed by atoms with E-state index in [9.17, 15) is 13.2 Å². The van der Waals surface area contributed by atoms with Crippen molar-refractivity contribution in [2.75, 3.05) is 26.2 Å². The smallest absolute Gasteiger partial charge is 0.258 e. The molecule has 7 nitrogen and oxygen atoms in total. The van der Waals surface area contributed by atoms with Crippen LogP contribution in [0.3, 0.4) is 0 Å². The van der Waals surface area contributed by atoms with E-state index in [1.807, 2.05) is 25.1 Å². The lowest BCUT2D eigenvalue weighted by Crippen LogP contribution is -2.49. The monoisotopic (exact) mass is 432 g/mol. The molecule has 1 aliphatic heterocycles. The van der Waals surface area contributed by atoms with Crippen LogP contribution in [0.25, 0.3) is 10.9 Å². The van der Waals surface area contributed by atoms with Crippen molar-refractivity contribution in [1.82, 2.24) is 19.2 Å². The third kappa shape index (κ3) is 3.93. The minimum absolute atomic E-state index is 0.132. The van der Waals surface area contributed by atoms with Gasteiger partial charge in [-0.25, -0.2) is 13.4 Å². The molecule has 152 valence electrons. The van der Waals surface area contributed by atoms with Crippen LogP contribution in [0.5, 0.6) is 0 Å². The number of hydrogen-bond acceptors (Lipinski definition) is 5. The molecule has 0 aliphatic carbocycles. The normalized spacial score (nSPS) is 17.4. The van der Waals surface area contributed by atoms with Crippen LogP contribution >= 0.6 is 11.6 Å². The molecule has 0 unspecified atom stereocenters. The first-order valence-corrected chi connectivity index (χ1v) is 11.2. The lowest BCUT2D eigenvalue weighted by atomic mass is 10.2. The molecule has 1 saturated heterocycles. The van der Waals surface area contributed by atoms with Gasteiger partial charge >= 0.3 is 0 Å². The van der Waals surface area contributed by atoms with E-state index in [0.29, 0.717) is 47.9 Å². The summed E-state index contributed by atoms with van der Waals surface area (Å²) in [4.78, 5) is 22.2. The second-order valence-electron chi connectivity index (χ2n) is 7.04. The van der Waals surface area contributed by atoms with Gasteiger partial charge in [0.1, 0.15) is 5.82 Å². The Morgan fingerprint density at radius 2 is 1.69 bits per heavy atom. The molecule has 0 saturated carbocycles. The number of nitrogens with one attached hydrogen (secondary N) is 1. The highest BCUT2D eigenvalue weighted by molar-refractivity contribution is 7.89. The van der Waals surface area contributed by atoms with E-state index in [4.69, 9.17) is 11.6 Å². The zero-order valence-corrected chi connectivity index (χ0v) is 17.4. The molecule has 1 N–H and O–H groups in total. The molecule has 2 heterocycles. The molecule has 2 aromatic carbocycles. The molecule has 0 radical (unpaired) electrons. The zero-order chi connectivity index (χ0) is 20.6. The van der Waals surface area contributed by atoms with E-state index in [1.54, 1.807) is 18.2 Å². The van der Waals surface area contributed by atoms with Crippen LogP contribution in [0, 0.1) is 0 Å². The van der Waals surface area contributed by atoms with Crippen LogP contribution in [-0.2, 0) is 10.0 Å². The van der Waals surface area contributed by atoms with Crippen LogP contribution in [0.15, 0.2) is 58.2 Å². The Kier molecular flexibility index (Phi) is 5.44. The Balaban J connectivity index is 1.49. The quantitative estimate of drug-likeness (QED) is 0.684. The summed E-state index contributed by atoms with van der Waals surface area (Å²) in [5.41, 5.74) is 0.489. The maximum absolute atomic E-state index is 12.8. The van der Waals surface area contributed by atoms with Crippen LogP contribution in [0.1, 0.15) is 18.8 Å². The standard InChI is InChI=1S/C20H21ClN4O3S/c1-14(19-22-18-5-3-2-4-17(18)20(26)23-19)24-10-12-25(13-11-24)29(27,28)16-8-6-15(21)7-9-16/h2-9,14H,10-13H2,1H3,(H,22,23,26)/t14-/m0/s1. The number of nitrogens with zero attached hydrogens (tertiary/aromatic N) is 3. The Labute approximate surface area is 174 Å². The number of halogens is 1. The average molecular weight is 433 g/mol. The number of para-hydroxylation sites is 1. The van der Waals surface area contributed by atoms with Crippen LogP contribution < -0.4 is 5.56 Å². The molecule has 1 aliphatic rings. The van der Waals surface area contributed by atoms with Gasteiger partial charge in [0.2, 0.25) is 10.0 Å². The highest BCUT2D eigenvalue weighted by Gasteiger charge is 2.31. The Hall–Kier alpha value is -2.26. The van der Waals surface area contributed by atoms with Crippen LogP contribution in [0.2, 0.25) is 5.02 Å². The number of aromatic amines is 1. The maximum atomic E-state index is 12.8. The van der Waals surface area contributed by atoms with Crippen molar-refractivity contribution < 1.29 is 8.42 Å². The van der Waals surface area contributed by atoms with Gasteiger partial charge in [-0.1, -0.05) is 23.7 Å². The zero-order valence-electron chi connectivity index (χ0n) is 15.9. The molecule has 29 heavy (non-hydrogen) atoms. The van der Waals surface area contributed by atoms with E-state index < -0.39 is 10.0 Å². The minimum atomic E-state index is -3.55. The lowest BCUT2D eigenvalue weighted by Gasteiger charge is -2.36. The Bertz CT molecular complexity index is 1190. The van der Waals surface area contributed by atoms with E-state index in [-0.39, 0.29) is 16.5 Å². The number of aromatic nitrogens is 2. The third-order valence-corrected chi connectivity index (χ3v) is 7.46. The van der Waals surface area contributed by atoms with Crippen molar-refractivity contribution in [3.05, 3.63) is 69.7 Å². The number of benzene rings is 2. The SMILES string of the molecule is C[C@@H](c1nc2ccccc2c(=O)[nH]1)N1CCN(S(=O)(=O)c2ccc(Cl)cc2)CC1. The first-order valence-electron chi connectivity index (χ1n) is 9.35. The molecule has 4 rings (SSSR count). The summed E-state index contributed by atoms with van der Waals surface area (Å²) in [7, 11) is -3.55. The molecule has 1 atom stereocenters. The number of rotatable bonds is 4. The average Bonchev–Trinajstić information content (AvgIpc) is 2.73. The fraction of sp³-hybridized carbons (Fsp3) is 0.300. The van der Waals surface area contributed by atoms with E-state index in [0.717, 1.165) is 0 Å². The molecule has 1 fully saturated rings. The van der Waals surface area contributed by atoms with Crippen LogP contribution in [0.4, 0.5) is 0 Å². The predicted octanol–water partition coefficient (Wildman–Crippen LogP) is 2.64. The van der Waals surface area contributed by atoms with E-state index in [1.165, 1.54) is 16.4 Å². The van der Waals surface area contributed by atoms with Crippen molar-refractivity contribution in [2.45, 2.75) is 17.9 Å². The van der Waals surface area contributed by atoms with Crippen molar-refractivity contribution in [2.24, 2.45) is 0 Å². The van der Waals surface area contributed by atoms with Gasteiger partial charge in [0.05, 0.1) is 21.8 Å². The van der Waals surface area contributed by atoms with Gasteiger partial charge in [0, 0.05) is 31.2 Å². The largest absolute Gasteiger partial charge is 0.309 e. The summed E-state index contributed by atoms with van der Waals surface area (Å²) in [6, 6.07) is 13.3. The first-order chi connectivity index (χ1) is 13.9. The minimum Gasteiger partial charge on any atom is -0.309 e. The van der Waals surface area contributed by atoms with E-state index >= 15 is 0 Å². The second kappa shape index (κ2) is 7.87. The van der Waals surface area contributed by atoms with Crippen molar-refractivity contribution in [1.29, 1.82) is 0 Å². The van der Waals surface area contributed by atoms with Gasteiger partial charge < -0.3 is 4.98 Å². The number of H-pyrrole nitrogens is 1. The van der Waals surface area contributed by atoms with Gasteiger partial charge in [0.25, 0.3) is 5.56 Å².